The molecule has 1 aromatic carbocycles. The first-order chi connectivity index (χ1) is 7.66. The number of carbonyl (C=O) groups excluding carboxylic acids is 1. The molecular formula is C13H17NO2. The van der Waals surface area contributed by atoms with Gasteiger partial charge in [0.2, 0.25) is 0 Å². The zero-order valence-corrected chi connectivity index (χ0v) is 9.43. The van der Waals surface area contributed by atoms with Gasteiger partial charge in [0.25, 0.3) is 0 Å². The molecule has 1 saturated heterocycles. The predicted molar refractivity (Wildman–Crippen MR) is 61.8 cm³/mol. The Morgan fingerprint density at radius 3 is 2.69 bits per heavy atom. The third-order valence-corrected chi connectivity index (χ3v) is 3.05. The quantitative estimate of drug-likeness (QED) is 0.784. The number of esters is 1. The summed E-state index contributed by atoms with van der Waals surface area (Å²) in [5.74, 6) is -0.125. The van der Waals surface area contributed by atoms with Crippen LogP contribution in [-0.2, 0) is 16.0 Å². The summed E-state index contributed by atoms with van der Waals surface area (Å²) in [6.07, 6.45) is 1.38. The van der Waals surface area contributed by atoms with E-state index in [4.69, 9.17) is 10.5 Å². The molecule has 3 heteroatoms. The average molecular weight is 219 g/mol. The number of hydrogen-bond donors (Lipinski definition) is 1. The van der Waals surface area contributed by atoms with Crippen LogP contribution in [0.5, 0.6) is 0 Å². The van der Waals surface area contributed by atoms with Gasteiger partial charge in [-0.2, -0.15) is 0 Å². The summed E-state index contributed by atoms with van der Waals surface area (Å²) in [7, 11) is 0. The van der Waals surface area contributed by atoms with E-state index in [-0.39, 0.29) is 24.0 Å². The smallest absolute Gasteiger partial charge is 0.309 e. The van der Waals surface area contributed by atoms with E-state index in [0.717, 1.165) is 12.8 Å². The van der Waals surface area contributed by atoms with Crippen molar-refractivity contribution in [2.45, 2.75) is 31.9 Å². The Labute approximate surface area is 95.6 Å². The lowest BCUT2D eigenvalue weighted by molar-refractivity contribution is -0.144. The second-order valence-electron chi connectivity index (χ2n) is 4.47. The van der Waals surface area contributed by atoms with E-state index >= 15 is 0 Å². The van der Waals surface area contributed by atoms with E-state index in [2.05, 4.69) is 0 Å². The molecule has 1 aliphatic heterocycles. The van der Waals surface area contributed by atoms with E-state index in [1.165, 1.54) is 5.56 Å². The Kier molecular flexibility index (Phi) is 3.25. The summed E-state index contributed by atoms with van der Waals surface area (Å²) in [4.78, 5) is 11.3. The molecule has 86 valence electrons. The van der Waals surface area contributed by atoms with Crippen molar-refractivity contribution >= 4 is 5.97 Å². The highest BCUT2D eigenvalue weighted by molar-refractivity contribution is 5.74. The first kappa shape index (κ1) is 11.1. The molecule has 1 fully saturated rings. The van der Waals surface area contributed by atoms with Crippen LogP contribution < -0.4 is 5.73 Å². The fourth-order valence-electron chi connectivity index (χ4n) is 2.04. The summed E-state index contributed by atoms with van der Waals surface area (Å²) >= 11 is 0. The molecule has 3 nitrogen and oxygen atoms in total. The SMILES string of the molecule is CC1CC(C(N)Cc2ccccc2)OC1=O. The molecule has 3 atom stereocenters. The monoisotopic (exact) mass is 219 g/mol. The summed E-state index contributed by atoms with van der Waals surface area (Å²) in [6, 6.07) is 9.94. The molecule has 1 aromatic rings. The maximum atomic E-state index is 11.3. The normalized spacial score (nSPS) is 26.5. The Balaban J connectivity index is 1.94. The van der Waals surface area contributed by atoms with Crippen molar-refractivity contribution in [3.63, 3.8) is 0 Å². The Morgan fingerprint density at radius 1 is 1.44 bits per heavy atom. The summed E-state index contributed by atoms with van der Waals surface area (Å²) in [6.45, 7) is 1.89. The van der Waals surface area contributed by atoms with Gasteiger partial charge in [-0.15, -0.1) is 0 Å². The number of carbonyl (C=O) groups is 1. The van der Waals surface area contributed by atoms with Crippen molar-refractivity contribution in [2.24, 2.45) is 11.7 Å². The molecule has 0 aromatic heterocycles. The second-order valence-corrected chi connectivity index (χ2v) is 4.47. The minimum absolute atomic E-state index is 0.00757. The molecule has 0 spiro atoms. The summed E-state index contributed by atoms with van der Waals surface area (Å²) < 4.78 is 5.24. The number of nitrogens with two attached hydrogens (primary N) is 1. The van der Waals surface area contributed by atoms with E-state index in [1.54, 1.807) is 0 Å². The number of rotatable bonds is 3. The molecule has 0 amide bonds. The van der Waals surface area contributed by atoms with Gasteiger partial charge in [0.1, 0.15) is 6.10 Å². The van der Waals surface area contributed by atoms with Crippen LogP contribution in [0.4, 0.5) is 0 Å². The molecule has 0 bridgehead atoms. The van der Waals surface area contributed by atoms with E-state index in [1.807, 2.05) is 37.3 Å². The van der Waals surface area contributed by atoms with E-state index < -0.39 is 0 Å². The third kappa shape index (κ3) is 2.42. The van der Waals surface area contributed by atoms with Crippen LogP contribution in [0.15, 0.2) is 30.3 Å². The molecule has 0 saturated carbocycles. The molecule has 2 N–H and O–H groups in total. The Morgan fingerprint density at radius 2 is 2.12 bits per heavy atom. The minimum atomic E-state index is -0.122. The van der Waals surface area contributed by atoms with Crippen molar-refractivity contribution in [1.29, 1.82) is 0 Å². The Hall–Kier alpha value is -1.35. The standard InChI is InChI=1S/C13H17NO2/c1-9-7-12(16-13(9)15)11(14)8-10-5-3-2-4-6-10/h2-6,9,11-12H,7-8,14H2,1H3. The highest BCUT2D eigenvalue weighted by Gasteiger charge is 2.34. The zero-order valence-electron chi connectivity index (χ0n) is 9.43. The van der Waals surface area contributed by atoms with Crippen molar-refractivity contribution in [3.05, 3.63) is 35.9 Å². The molecule has 3 unspecified atom stereocenters. The van der Waals surface area contributed by atoms with Gasteiger partial charge in [-0.3, -0.25) is 4.79 Å². The van der Waals surface area contributed by atoms with E-state index in [9.17, 15) is 4.79 Å². The van der Waals surface area contributed by atoms with Crippen molar-refractivity contribution < 1.29 is 9.53 Å². The maximum Gasteiger partial charge on any atom is 0.309 e. The molecular weight excluding hydrogens is 202 g/mol. The van der Waals surface area contributed by atoms with Crippen LogP contribution in [0.1, 0.15) is 18.9 Å². The zero-order chi connectivity index (χ0) is 11.5. The lowest BCUT2D eigenvalue weighted by Crippen LogP contribution is -2.36. The molecule has 16 heavy (non-hydrogen) atoms. The van der Waals surface area contributed by atoms with Gasteiger partial charge in [-0.25, -0.2) is 0 Å². The number of ether oxygens (including phenoxy) is 1. The third-order valence-electron chi connectivity index (χ3n) is 3.05. The number of cyclic esters (lactones) is 1. The van der Waals surface area contributed by atoms with Crippen LogP contribution in [0, 0.1) is 5.92 Å². The largest absolute Gasteiger partial charge is 0.460 e. The lowest BCUT2D eigenvalue weighted by Gasteiger charge is -2.17. The molecule has 0 aliphatic carbocycles. The van der Waals surface area contributed by atoms with Gasteiger partial charge >= 0.3 is 5.97 Å². The minimum Gasteiger partial charge on any atom is -0.460 e. The number of benzene rings is 1. The van der Waals surface area contributed by atoms with Crippen LogP contribution in [-0.4, -0.2) is 18.1 Å². The summed E-state index contributed by atoms with van der Waals surface area (Å²) in [5.41, 5.74) is 7.24. The van der Waals surface area contributed by atoms with Crippen LogP contribution >= 0.6 is 0 Å². The van der Waals surface area contributed by atoms with Crippen molar-refractivity contribution in [1.82, 2.24) is 0 Å². The van der Waals surface area contributed by atoms with Gasteiger partial charge in [0.15, 0.2) is 0 Å². The van der Waals surface area contributed by atoms with Gasteiger partial charge in [0.05, 0.1) is 5.92 Å². The fourth-order valence-corrected chi connectivity index (χ4v) is 2.04. The summed E-state index contributed by atoms with van der Waals surface area (Å²) in [5, 5.41) is 0. The number of hydrogen-bond acceptors (Lipinski definition) is 3. The van der Waals surface area contributed by atoms with E-state index in [0.29, 0.717) is 0 Å². The fraction of sp³-hybridized carbons (Fsp3) is 0.462. The lowest BCUT2D eigenvalue weighted by atomic mass is 9.97. The first-order valence-electron chi connectivity index (χ1n) is 5.67. The van der Waals surface area contributed by atoms with Gasteiger partial charge < -0.3 is 10.5 Å². The van der Waals surface area contributed by atoms with Crippen LogP contribution in [0.3, 0.4) is 0 Å². The molecule has 2 rings (SSSR count). The highest BCUT2D eigenvalue weighted by Crippen LogP contribution is 2.23. The Bertz CT molecular complexity index is 363. The van der Waals surface area contributed by atoms with Crippen molar-refractivity contribution in [3.8, 4) is 0 Å². The van der Waals surface area contributed by atoms with Crippen LogP contribution in [0.25, 0.3) is 0 Å². The van der Waals surface area contributed by atoms with Gasteiger partial charge in [-0.05, 0) is 18.4 Å². The maximum absolute atomic E-state index is 11.3. The topological polar surface area (TPSA) is 52.3 Å². The van der Waals surface area contributed by atoms with Crippen LogP contribution in [0.2, 0.25) is 0 Å². The highest BCUT2D eigenvalue weighted by atomic mass is 16.6. The van der Waals surface area contributed by atoms with Gasteiger partial charge in [0, 0.05) is 6.04 Å². The van der Waals surface area contributed by atoms with Crippen molar-refractivity contribution in [2.75, 3.05) is 0 Å². The van der Waals surface area contributed by atoms with Gasteiger partial charge in [-0.1, -0.05) is 37.3 Å². The molecule has 1 aliphatic rings. The molecule has 1 heterocycles. The second kappa shape index (κ2) is 4.66. The molecule has 0 radical (unpaired) electrons. The first-order valence-corrected chi connectivity index (χ1v) is 5.67. The average Bonchev–Trinajstić information content (AvgIpc) is 2.61. The predicted octanol–water partition coefficient (Wildman–Crippen LogP) is 1.51.